The van der Waals surface area contributed by atoms with Crippen molar-refractivity contribution in [1.29, 1.82) is 0 Å². The molecule has 1 aromatic rings. The fourth-order valence-electron chi connectivity index (χ4n) is 2.57. The highest BCUT2D eigenvalue weighted by Gasteiger charge is 2.02. The lowest BCUT2D eigenvalue weighted by atomic mass is 9.96. The minimum atomic E-state index is 0.692. The van der Waals surface area contributed by atoms with Gasteiger partial charge in [0.25, 0.3) is 0 Å². The molecule has 0 bridgehead atoms. The Morgan fingerprint density at radius 2 is 1.57 bits per heavy atom. The monoisotopic (exact) mass is 289 g/mol. The predicted octanol–water partition coefficient (Wildman–Crippen LogP) is 5.55. The first-order chi connectivity index (χ1) is 10.1. The van der Waals surface area contributed by atoms with Gasteiger partial charge in [0.2, 0.25) is 0 Å². The first-order valence-corrected chi connectivity index (χ1v) is 8.93. The summed E-state index contributed by atoms with van der Waals surface area (Å²) in [6.45, 7) is 11.4. The van der Waals surface area contributed by atoms with Gasteiger partial charge in [-0.1, -0.05) is 64.8 Å². The van der Waals surface area contributed by atoms with E-state index in [1.165, 1.54) is 56.2 Å². The Morgan fingerprint density at radius 3 is 2.19 bits per heavy atom. The van der Waals surface area contributed by atoms with Gasteiger partial charge in [-0.05, 0) is 61.7 Å². The highest BCUT2D eigenvalue weighted by molar-refractivity contribution is 5.25. The molecule has 0 aliphatic heterocycles. The van der Waals surface area contributed by atoms with E-state index in [1.54, 1.807) is 0 Å². The predicted molar refractivity (Wildman–Crippen MR) is 95.0 cm³/mol. The van der Waals surface area contributed by atoms with E-state index in [1.807, 2.05) is 0 Å². The summed E-state index contributed by atoms with van der Waals surface area (Å²) >= 11 is 0. The van der Waals surface area contributed by atoms with Gasteiger partial charge in [-0.15, -0.1) is 0 Å². The van der Waals surface area contributed by atoms with Crippen LogP contribution in [0.1, 0.15) is 76.8 Å². The molecular formula is C20H35N. The third-order valence-electron chi connectivity index (χ3n) is 4.28. The highest BCUT2D eigenvalue weighted by Crippen LogP contribution is 2.19. The van der Waals surface area contributed by atoms with E-state index in [-0.39, 0.29) is 0 Å². The summed E-state index contributed by atoms with van der Waals surface area (Å²) in [5, 5.41) is 3.52. The van der Waals surface area contributed by atoms with Crippen LogP contribution in [0.5, 0.6) is 0 Å². The summed E-state index contributed by atoms with van der Waals surface area (Å²) in [6.07, 6.45) is 7.82. The van der Waals surface area contributed by atoms with Crippen LogP contribution in [0.4, 0.5) is 0 Å². The Labute approximate surface area is 132 Å². The van der Waals surface area contributed by atoms with Gasteiger partial charge in [-0.25, -0.2) is 0 Å². The largest absolute Gasteiger partial charge is 0.316 e. The van der Waals surface area contributed by atoms with Crippen molar-refractivity contribution in [1.82, 2.24) is 5.32 Å². The molecule has 0 spiro atoms. The molecule has 1 heteroatoms. The fourth-order valence-corrected chi connectivity index (χ4v) is 2.57. The van der Waals surface area contributed by atoms with Crippen molar-refractivity contribution in [2.24, 2.45) is 5.92 Å². The molecule has 0 fully saturated rings. The summed E-state index contributed by atoms with van der Waals surface area (Å²) in [5.74, 6) is 1.46. The molecule has 1 aromatic carbocycles. The maximum atomic E-state index is 3.52. The third-order valence-corrected chi connectivity index (χ3v) is 4.28. The van der Waals surface area contributed by atoms with Crippen LogP contribution in [0.3, 0.4) is 0 Å². The molecule has 0 radical (unpaired) electrons. The molecule has 0 aromatic heterocycles. The second-order valence-electron chi connectivity index (χ2n) is 6.81. The molecule has 1 N–H and O–H groups in total. The molecule has 0 saturated heterocycles. The van der Waals surface area contributed by atoms with Crippen LogP contribution in [0, 0.1) is 5.92 Å². The smallest absolute Gasteiger partial charge is 0.00258 e. The molecule has 0 heterocycles. The Bertz CT molecular complexity index is 353. The van der Waals surface area contributed by atoms with E-state index >= 15 is 0 Å². The zero-order valence-corrected chi connectivity index (χ0v) is 14.6. The SMILES string of the molecule is CCC(C)c1ccc(CCCCCCNCC(C)C)cc1. The number of rotatable bonds is 11. The van der Waals surface area contributed by atoms with E-state index in [9.17, 15) is 0 Å². The molecule has 1 rings (SSSR count). The maximum Gasteiger partial charge on any atom is -0.00258 e. The van der Waals surface area contributed by atoms with Gasteiger partial charge in [0.05, 0.1) is 0 Å². The summed E-state index contributed by atoms with van der Waals surface area (Å²) in [5.41, 5.74) is 2.98. The van der Waals surface area contributed by atoms with Gasteiger partial charge in [0, 0.05) is 0 Å². The van der Waals surface area contributed by atoms with Gasteiger partial charge < -0.3 is 5.32 Å². The minimum Gasteiger partial charge on any atom is -0.316 e. The molecule has 1 unspecified atom stereocenters. The van der Waals surface area contributed by atoms with Crippen molar-refractivity contribution in [3.05, 3.63) is 35.4 Å². The molecule has 0 amide bonds. The molecule has 0 aliphatic rings. The number of unbranched alkanes of at least 4 members (excludes halogenated alkanes) is 3. The Balaban J connectivity index is 2.07. The van der Waals surface area contributed by atoms with Crippen molar-refractivity contribution in [2.45, 2.75) is 72.1 Å². The third kappa shape index (κ3) is 8.26. The zero-order valence-electron chi connectivity index (χ0n) is 14.6. The average molecular weight is 290 g/mol. The lowest BCUT2D eigenvalue weighted by molar-refractivity contribution is 0.526. The topological polar surface area (TPSA) is 12.0 Å². The van der Waals surface area contributed by atoms with E-state index in [2.05, 4.69) is 57.3 Å². The van der Waals surface area contributed by atoms with Crippen LogP contribution in [0.25, 0.3) is 0 Å². The van der Waals surface area contributed by atoms with E-state index < -0.39 is 0 Å². The first-order valence-electron chi connectivity index (χ1n) is 8.93. The second kappa shape index (κ2) is 10.8. The van der Waals surface area contributed by atoms with Gasteiger partial charge in [0.15, 0.2) is 0 Å². The zero-order chi connectivity index (χ0) is 15.5. The van der Waals surface area contributed by atoms with E-state index in [4.69, 9.17) is 0 Å². The first kappa shape index (κ1) is 18.2. The second-order valence-corrected chi connectivity index (χ2v) is 6.81. The summed E-state index contributed by atoms with van der Waals surface area (Å²) < 4.78 is 0. The summed E-state index contributed by atoms with van der Waals surface area (Å²) in [7, 11) is 0. The number of benzene rings is 1. The number of hydrogen-bond donors (Lipinski definition) is 1. The number of aryl methyl sites for hydroxylation is 1. The minimum absolute atomic E-state index is 0.692. The van der Waals surface area contributed by atoms with Crippen molar-refractivity contribution in [3.63, 3.8) is 0 Å². The maximum absolute atomic E-state index is 3.52. The van der Waals surface area contributed by atoms with E-state index in [0.717, 1.165) is 12.5 Å². The molecular weight excluding hydrogens is 254 g/mol. The molecule has 21 heavy (non-hydrogen) atoms. The fraction of sp³-hybridized carbons (Fsp3) is 0.700. The Hall–Kier alpha value is -0.820. The van der Waals surface area contributed by atoms with Crippen LogP contribution in [0.15, 0.2) is 24.3 Å². The van der Waals surface area contributed by atoms with Crippen molar-refractivity contribution in [2.75, 3.05) is 13.1 Å². The quantitative estimate of drug-likeness (QED) is 0.527. The van der Waals surface area contributed by atoms with Gasteiger partial charge >= 0.3 is 0 Å². The van der Waals surface area contributed by atoms with E-state index in [0.29, 0.717) is 5.92 Å². The Morgan fingerprint density at radius 1 is 0.905 bits per heavy atom. The number of nitrogens with one attached hydrogen (secondary N) is 1. The number of hydrogen-bond acceptors (Lipinski definition) is 1. The lowest BCUT2D eigenvalue weighted by Gasteiger charge is -2.10. The molecule has 1 nitrogen and oxygen atoms in total. The van der Waals surface area contributed by atoms with Crippen LogP contribution in [0.2, 0.25) is 0 Å². The summed E-state index contributed by atoms with van der Waals surface area (Å²) in [6, 6.07) is 9.29. The van der Waals surface area contributed by atoms with Crippen LogP contribution in [-0.4, -0.2) is 13.1 Å². The highest BCUT2D eigenvalue weighted by atomic mass is 14.8. The van der Waals surface area contributed by atoms with Gasteiger partial charge in [0.1, 0.15) is 0 Å². The molecule has 1 atom stereocenters. The Kier molecular flexibility index (Phi) is 9.41. The average Bonchev–Trinajstić information content (AvgIpc) is 2.49. The van der Waals surface area contributed by atoms with Gasteiger partial charge in [-0.3, -0.25) is 0 Å². The van der Waals surface area contributed by atoms with Crippen molar-refractivity contribution >= 4 is 0 Å². The van der Waals surface area contributed by atoms with Crippen LogP contribution >= 0.6 is 0 Å². The normalized spacial score (nSPS) is 12.8. The van der Waals surface area contributed by atoms with Crippen molar-refractivity contribution in [3.8, 4) is 0 Å². The van der Waals surface area contributed by atoms with Gasteiger partial charge in [-0.2, -0.15) is 0 Å². The summed E-state index contributed by atoms with van der Waals surface area (Å²) in [4.78, 5) is 0. The van der Waals surface area contributed by atoms with Crippen LogP contribution < -0.4 is 5.32 Å². The van der Waals surface area contributed by atoms with Crippen molar-refractivity contribution < 1.29 is 0 Å². The van der Waals surface area contributed by atoms with Crippen LogP contribution in [-0.2, 0) is 6.42 Å². The molecule has 120 valence electrons. The standard InChI is InChI=1S/C20H35N/c1-5-18(4)20-13-11-19(12-14-20)10-8-6-7-9-15-21-16-17(2)3/h11-14,17-18,21H,5-10,15-16H2,1-4H3. The molecule has 0 saturated carbocycles. The molecule has 0 aliphatic carbocycles. The lowest BCUT2D eigenvalue weighted by Crippen LogP contribution is -2.20.